The van der Waals surface area contributed by atoms with Gasteiger partial charge in [0.1, 0.15) is 0 Å². The molecule has 0 aromatic carbocycles. The fourth-order valence-electron chi connectivity index (χ4n) is 1.49. The minimum Gasteiger partial charge on any atom is -0.478 e. The molecule has 3 atom stereocenters. The molecule has 0 saturated carbocycles. The highest BCUT2D eigenvalue weighted by Gasteiger charge is 2.46. The lowest BCUT2D eigenvalue weighted by molar-refractivity contribution is -0.145. The van der Waals surface area contributed by atoms with Crippen molar-refractivity contribution in [2.24, 2.45) is 5.92 Å². The third kappa shape index (κ3) is 1.72. The second-order valence-electron chi connectivity index (χ2n) is 3.93. The molecule has 14 heavy (non-hydrogen) atoms. The Bertz CT molecular complexity index is 267. The van der Waals surface area contributed by atoms with Gasteiger partial charge in [0.2, 0.25) is 5.91 Å². The summed E-state index contributed by atoms with van der Waals surface area (Å²) in [5.41, 5.74) is -1.31. The molecule has 0 bridgehead atoms. The van der Waals surface area contributed by atoms with Crippen molar-refractivity contribution in [2.75, 3.05) is 0 Å². The molecule has 3 unspecified atom stereocenters. The lowest BCUT2D eigenvalue weighted by atomic mass is 9.99. The first-order valence-corrected chi connectivity index (χ1v) is 4.74. The Morgan fingerprint density at radius 1 is 1.71 bits per heavy atom. The SMILES string of the molecule is CCC(C)C1NC(C)(C(=O)O)NC1=O. The zero-order chi connectivity index (χ0) is 10.9. The van der Waals surface area contributed by atoms with E-state index < -0.39 is 17.7 Å². The van der Waals surface area contributed by atoms with Crippen LogP contribution >= 0.6 is 0 Å². The van der Waals surface area contributed by atoms with Gasteiger partial charge in [-0.25, -0.2) is 4.79 Å². The van der Waals surface area contributed by atoms with Crippen molar-refractivity contribution in [3.63, 3.8) is 0 Å². The topological polar surface area (TPSA) is 78.4 Å². The van der Waals surface area contributed by atoms with Gasteiger partial charge in [0, 0.05) is 0 Å². The lowest BCUT2D eigenvalue weighted by Gasteiger charge is -2.20. The van der Waals surface area contributed by atoms with Gasteiger partial charge in [-0.2, -0.15) is 0 Å². The Morgan fingerprint density at radius 3 is 2.64 bits per heavy atom. The quantitative estimate of drug-likeness (QED) is 0.595. The molecule has 1 rings (SSSR count). The number of amides is 1. The smallest absolute Gasteiger partial charge is 0.344 e. The second kappa shape index (κ2) is 3.57. The number of hydrogen-bond donors (Lipinski definition) is 3. The summed E-state index contributed by atoms with van der Waals surface area (Å²) >= 11 is 0. The number of carbonyl (C=O) groups is 2. The Balaban J connectivity index is 2.78. The van der Waals surface area contributed by atoms with Gasteiger partial charge in [0.05, 0.1) is 6.04 Å². The number of nitrogens with one attached hydrogen (secondary N) is 2. The number of carbonyl (C=O) groups excluding carboxylic acids is 1. The Kier molecular flexibility index (Phi) is 2.80. The number of carboxylic acids is 1. The summed E-state index contributed by atoms with van der Waals surface area (Å²) in [5, 5.41) is 14.1. The van der Waals surface area contributed by atoms with Crippen LogP contribution in [0.15, 0.2) is 0 Å². The average molecular weight is 200 g/mol. The standard InChI is InChI=1S/C9H16N2O3/c1-4-5(2)6-7(12)11-9(3,10-6)8(13)14/h5-6,10H,4H2,1-3H3,(H,11,12)(H,13,14). The van der Waals surface area contributed by atoms with Gasteiger partial charge in [0.25, 0.3) is 0 Å². The fourth-order valence-corrected chi connectivity index (χ4v) is 1.49. The van der Waals surface area contributed by atoms with Gasteiger partial charge in [-0.1, -0.05) is 20.3 Å². The van der Waals surface area contributed by atoms with Gasteiger partial charge in [-0.05, 0) is 12.8 Å². The predicted molar refractivity (Wildman–Crippen MR) is 50.6 cm³/mol. The van der Waals surface area contributed by atoms with Crippen LogP contribution in [0.4, 0.5) is 0 Å². The molecule has 1 amide bonds. The molecule has 80 valence electrons. The molecule has 0 aromatic heterocycles. The molecule has 1 aliphatic rings. The maximum atomic E-state index is 11.5. The molecule has 0 aromatic rings. The molecular formula is C9H16N2O3. The highest BCUT2D eigenvalue weighted by Crippen LogP contribution is 2.17. The van der Waals surface area contributed by atoms with Crippen LogP contribution in [0.2, 0.25) is 0 Å². The van der Waals surface area contributed by atoms with E-state index >= 15 is 0 Å². The van der Waals surface area contributed by atoms with Crippen molar-refractivity contribution < 1.29 is 14.7 Å². The first-order chi connectivity index (χ1) is 6.40. The van der Waals surface area contributed by atoms with Crippen molar-refractivity contribution in [3.8, 4) is 0 Å². The fraction of sp³-hybridized carbons (Fsp3) is 0.778. The Hall–Kier alpha value is -1.10. The maximum absolute atomic E-state index is 11.5. The van der Waals surface area contributed by atoms with Crippen LogP contribution in [-0.2, 0) is 9.59 Å². The zero-order valence-electron chi connectivity index (χ0n) is 8.63. The van der Waals surface area contributed by atoms with Gasteiger partial charge in [-0.3, -0.25) is 10.1 Å². The van der Waals surface area contributed by atoms with Crippen LogP contribution in [0.25, 0.3) is 0 Å². The summed E-state index contributed by atoms with van der Waals surface area (Å²) in [4.78, 5) is 22.3. The summed E-state index contributed by atoms with van der Waals surface area (Å²) in [5.74, 6) is -1.16. The van der Waals surface area contributed by atoms with Crippen LogP contribution in [0.1, 0.15) is 27.2 Å². The predicted octanol–water partition coefficient (Wildman–Crippen LogP) is -0.0787. The van der Waals surface area contributed by atoms with E-state index in [2.05, 4.69) is 10.6 Å². The molecule has 0 spiro atoms. The molecular weight excluding hydrogens is 184 g/mol. The zero-order valence-corrected chi connectivity index (χ0v) is 8.63. The minimum absolute atomic E-state index is 0.135. The number of rotatable bonds is 3. The van der Waals surface area contributed by atoms with Crippen LogP contribution in [0.3, 0.4) is 0 Å². The number of aliphatic carboxylic acids is 1. The van der Waals surface area contributed by atoms with Gasteiger partial charge in [-0.15, -0.1) is 0 Å². The van der Waals surface area contributed by atoms with E-state index in [4.69, 9.17) is 5.11 Å². The van der Waals surface area contributed by atoms with Crippen molar-refractivity contribution in [1.29, 1.82) is 0 Å². The average Bonchev–Trinajstić information content (AvgIpc) is 2.42. The highest BCUT2D eigenvalue weighted by molar-refractivity contribution is 5.93. The normalized spacial score (nSPS) is 33.9. The molecule has 1 fully saturated rings. The summed E-state index contributed by atoms with van der Waals surface area (Å²) in [6.07, 6.45) is 0.834. The van der Waals surface area contributed by atoms with Gasteiger partial charge >= 0.3 is 5.97 Å². The van der Waals surface area contributed by atoms with Crippen molar-refractivity contribution in [1.82, 2.24) is 10.6 Å². The van der Waals surface area contributed by atoms with E-state index in [0.717, 1.165) is 6.42 Å². The molecule has 1 saturated heterocycles. The van der Waals surface area contributed by atoms with E-state index in [-0.39, 0.29) is 11.8 Å². The second-order valence-corrected chi connectivity index (χ2v) is 3.93. The summed E-state index contributed by atoms with van der Waals surface area (Å²) in [6.45, 7) is 5.34. The molecule has 5 heteroatoms. The molecule has 3 N–H and O–H groups in total. The maximum Gasteiger partial charge on any atom is 0.344 e. The summed E-state index contributed by atoms with van der Waals surface area (Å²) in [7, 11) is 0. The third-order valence-corrected chi connectivity index (χ3v) is 2.74. The summed E-state index contributed by atoms with van der Waals surface area (Å²) in [6, 6.07) is -0.402. The Labute approximate surface area is 82.9 Å². The third-order valence-electron chi connectivity index (χ3n) is 2.74. The highest BCUT2D eigenvalue weighted by atomic mass is 16.4. The van der Waals surface area contributed by atoms with Crippen LogP contribution in [-0.4, -0.2) is 28.7 Å². The monoisotopic (exact) mass is 200 g/mol. The number of hydrogen-bond acceptors (Lipinski definition) is 3. The summed E-state index contributed by atoms with van der Waals surface area (Å²) < 4.78 is 0. The lowest BCUT2D eigenvalue weighted by Crippen LogP contribution is -2.54. The molecule has 1 heterocycles. The molecule has 1 aliphatic heterocycles. The van der Waals surface area contributed by atoms with Crippen LogP contribution in [0, 0.1) is 5.92 Å². The van der Waals surface area contributed by atoms with Crippen LogP contribution in [0.5, 0.6) is 0 Å². The van der Waals surface area contributed by atoms with E-state index in [1.165, 1.54) is 6.92 Å². The number of carboxylic acid groups (broad SMARTS) is 1. The molecule has 5 nitrogen and oxygen atoms in total. The first-order valence-electron chi connectivity index (χ1n) is 4.74. The first kappa shape index (κ1) is 11.0. The molecule has 0 radical (unpaired) electrons. The van der Waals surface area contributed by atoms with E-state index in [9.17, 15) is 9.59 Å². The van der Waals surface area contributed by atoms with Crippen molar-refractivity contribution >= 4 is 11.9 Å². The van der Waals surface area contributed by atoms with Crippen molar-refractivity contribution in [3.05, 3.63) is 0 Å². The minimum atomic E-state index is -1.31. The van der Waals surface area contributed by atoms with E-state index in [1.54, 1.807) is 0 Å². The molecule has 0 aliphatic carbocycles. The van der Waals surface area contributed by atoms with Crippen LogP contribution < -0.4 is 10.6 Å². The largest absolute Gasteiger partial charge is 0.478 e. The van der Waals surface area contributed by atoms with E-state index in [0.29, 0.717) is 0 Å². The van der Waals surface area contributed by atoms with E-state index in [1.807, 2.05) is 13.8 Å². The van der Waals surface area contributed by atoms with Crippen molar-refractivity contribution in [2.45, 2.75) is 38.9 Å². The van der Waals surface area contributed by atoms with Gasteiger partial charge < -0.3 is 10.4 Å². The Morgan fingerprint density at radius 2 is 2.29 bits per heavy atom. The van der Waals surface area contributed by atoms with Gasteiger partial charge in [0.15, 0.2) is 5.66 Å².